The summed E-state index contributed by atoms with van der Waals surface area (Å²) in [5.41, 5.74) is 4.81. The third kappa shape index (κ3) is 4.37. The molecule has 0 radical (unpaired) electrons. The lowest BCUT2D eigenvalue weighted by Crippen LogP contribution is -2.82. The second kappa shape index (κ2) is 7.25. The van der Waals surface area contributed by atoms with Crippen molar-refractivity contribution in [2.24, 2.45) is 0 Å². The molecule has 0 aromatic heterocycles. The minimum absolute atomic E-state index is 0.496. The van der Waals surface area contributed by atoms with Crippen LogP contribution in [0.4, 0.5) is 5.69 Å². The van der Waals surface area contributed by atoms with E-state index in [-0.39, 0.29) is 0 Å². The van der Waals surface area contributed by atoms with Crippen LogP contribution in [0.5, 0.6) is 5.75 Å². The smallest absolute Gasteiger partial charge is 0.228 e. The molecule has 0 fully saturated rings. The molecule has 102 valence electrons. The lowest BCUT2D eigenvalue weighted by atomic mass is 10.2. The molecule has 2 rings (SSSR count). The van der Waals surface area contributed by atoms with Crippen LogP contribution in [0.15, 0.2) is 54.6 Å². The van der Waals surface area contributed by atoms with E-state index in [1.165, 1.54) is 0 Å². The predicted molar refractivity (Wildman–Crippen MR) is 84.9 cm³/mol. The number of rotatable bonds is 4. The minimum Gasteiger partial charge on any atom is -0.497 e. The van der Waals surface area contributed by atoms with Crippen LogP contribution in [-0.4, -0.2) is 18.4 Å². The molecule has 0 aliphatic rings. The molecule has 20 heavy (non-hydrogen) atoms. The Balaban J connectivity index is 1.88. The van der Waals surface area contributed by atoms with Crippen molar-refractivity contribution in [3.8, 4) is 5.75 Å². The van der Waals surface area contributed by atoms with Gasteiger partial charge in [-0.05, 0) is 42.5 Å². The Morgan fingerprint density at radius 1 is 1.15 bits per heavy atom. The molecule has 0 heterocycles. The molecule has 0 unspecified atom stereocenters. The molecular weight excluding hydrogens is 270 g/mol. The van der Waals surface area contributed by atoms with Gasteiger partial charge in [-0.15, -0.1) is 10.5 Å². The van der Waals surface area contributed by atoms with E-state index in [0.717, 1.165) is 17.0 Å². The Hall–Kier alpha value is -2.40. The normalized spacial score (nSPS) is 10.2. The number of methoxy groups -OCH3 is 1. The van der Waals surface area contributed by atoms with Gasteiger partial charge in [0.15, 0.2) is 6.21 Å². The summed E-state index contributed by atoms with van der Waals surface area (Å²) in [6.07, 6.45) is 1.81. The highest BCUT2D eigenvalue weighted by atomic mass is 32.1. The lowest BCUT2D eigenvalue weighted by Gasteiger charge is -2.03. The van der Waals surface area contributed by atoms with Crippen molar-refractivity contribution in [1.29, 1.82) is 0 Å². The third-order valence-electron chi connectivity index (χ3n) is 2.55. The fourth-order valence-corrected chi connectivity index (χ4v) is 1.78. The van der Waals surface area contributed by atoms with Gasteiger partial charge in [-0.25, -0.2) is 0 Å². The average molecular weight is 286 g/mol. The van der Waals surface area contributed by atoms with Gasteiger partial charge in [0, 0.05) is 11.3 Å². The first-order valence-corrected chi connectivity index (χ1v) is 6.53. The van der Waals surface area contributed by atoms with E-state index in [1.807, 2.05) is 60.8 Å². The minimum atomic E-state index is 0.496. The van der Waals surface area contributed by atoms with E-state index >= 15 is 0 Å². The maximum Gasteiger partial charge on any atom is 0.228 e. The molecule has 0 aliphatic carbocycles. The first-order valence-electron chi connectivity index (χ1n) is 6.13. The van der Waals surface area contributed by atoms with Gasteiger partial charge in [-0.1, -0.05) is 24.3 Å². The van der Waals surface area contributed by atoms with Gasteiger partial charge >= 0.3 is 0 Å². The monoisotopic (exact) mass is 286 g/mol. The van der Waals surface area contributed by atoms with Gasteiger partial charge in [0.1, 0.15) is 5.75 Å². The van der Waals surface area contributed by atoms with Crippen LogP contribution >= 0.6 is 12.2 Å². The van der Waals surface area contributed by atoms with Crippen LogP contribution in [0, 0.1) is 0 Å². The van der Waals surface area contributed by atoms with Crippen LogP contribution in [0.3, 0.4) is 0 Å². The second-order valence-electron chi connectivity index (χ2n) is 4.01. The number of ether oxygens (including phenoxy) is 1. The summed E-state index contributed by atoms with van der Waals surface area (Å²) in [5.74, 6) is 0.811. The molecule has 0 saturated heterocycles. The standard InChI is InChI=1S/C15H15N3OS/c1-19-14-9-5-6-12(10-14)11-16-18-15(20)17-13-7-3-2-4-8-13/h2-11H,1H3,(H2,17,18,20)/p+1. The van der Waals surface area contributed by atoms with Gasteiger partial charge in [0.05, 0.1) is 7.11 Å². The number of benzene rings is 2. The molecule has 2 aromatic carbocycles. The van der Waals surface area contributed by atoms with Crippen LogP contribution in [0.25, 0.3) is 0 Å². The maximum atomic E-state index is 5.17. The zero-order valence-corrected chi connectivity index (χ0v) is 11.9. The maximum absolute atomic E-state index is 5.17. The topological polar surface area (TPSA) is 47.3 Å². The molecule has 5 heteroatoms. The van der Waals surface area contributed by atoms with Gasteiger partial charge < -0.3 is 10.1 Å². The van der Waals surface area contributed by atoms with Gasteiger partial charge in [0.2, 0.25) is 5.11 Å². The zero-order valence-electron chi connectivity index (χ0n) is 11.1. The van der Waals surface area contributed by atoms with Crippen molar-refractivity contribution in [2.75, 3.05) is 12.4 Å². The molecule has 4 nitrogen and oxygen atoms in total. The Morgan fingerprint density at radius 3 is 2.70 bits per heavy atom. The van der Waals surface area contributed by atoms with Crippen LogP contribution in [-0.2, 0) is 0 Å². The Morgan fingerprint density at radius 2 is 1.95 bits per heavy atom. The highest BCUT2D eigenvalue weighted by Gasteiger charge is 1.98. The Labute approximate surface area is 123 Å². The number of anilines is 1. The van der Waals surface area contributed by atoms with Crippen molar-refractivity contribution in [1.82, 2.24) is 5.43 Å². The van der Waals surface area contributed by atoms with E-state index in [9.17, 15) is 0 Å². The van der Waals surface area contributed by atoms with E-state index in [4.69, 9.17) is 17.0 Å². The summed E-state index contributed by atoms with van der Waals surface area (Å²) in [5, 5.41) is 6.50. The van der Waals surface area contributed by atoms with Gasteiger partial charge in [-0.2, -0.15) is 0 Å². The average Bonchev–Trinajstić information content (AvgIpc) is 2.48. The number of hydrogen-bond acceptors (Lipinski definition) is 2. The van der Waals surface area contributed by atoms with Crippen molar-refractivity contribution < 1.29 is 9.84 Å². The van der Waals surface area contributed by atoms with Crippen LogP contribution in [0.1, 0.15) is 5.56 Å². The molecule has 0 saturated carbocycles. The summed E-state index contributed by atoms with van der Waals surface area (Å²) in [4.78, 5) is 0. The number of hydrogen-bond donors (Lipinski definition) is 3. The highest BCUT2D eigenvalue weighted by Crippen LogP contribution is 2.09. The number of nitrogens with one attached hydrogen (secondary N) is 3. The summed E-state index contributed by atoms with van der Waals surface area (Å²) >= 11 is 5.17. The lowest BCUT2D eigenvalue weighted by molar-refractivity contribution is -0.499. The molecule has 3 N–H and O–H groups in total. The van der Waals surface area contributed by atoms with Gasteiger partial charge in [0.25, 0.3) is 0 Å². The first-order chi connectivity index (χ1) is 9.78. The highest BCUT2D eigenvalue weighted by molar-refractivity contribution is 7.80. The second-order valence-corrected chi connectivity index (χ2v) is 4.42. The Bertz CT molecular complexity index is 599. The largest absolute Gasteiger partial charge is 0.497 e. The third-order valence-corrected chi connectivity index (χ3v) is 2.75. The molecule has 0 spiro atoms. The molecule has 0 aliphatic heterocycles. The van der Waals surface area contributed by atoms with Crippen LogP contribution in [0.2, 0.25) is 0 Å². The molecule has 0 atom stereocenters. The number of hydrazone groups is 1. The van der Waals surface area contributed by atoms with E-state index < -0.39 is 0 Å². The van der Waals surface area contributed by atoms with Crippen molar-refractivity contribution in [3.05, 3.63) is 60.2 Å². The molecule has 0 bridgehead atoms. The summed E-state index contributed by atoms with van der Waals surface area (Å²) in [6.45, 7) is 0. The van der Waals surface area contributed by atoms with Crippen molar-refractivity contribution in [2.45, 2.75) is 0 Å². The Kier molecular flexibility index (Phi) is 5.08. The zero-order chi connectivity index (χ0) is 14.2. The molecule has 2 aromatic rings. The SMILES string of the molecule is COc1cccc(C=[NH+]NC(=S)Nc2ccccc2)c1. The van der Waals surface area contributed by atoms with Gasteiger partial charge in [-0.3, -0.25) is 0 Å². The summed E-state index contributed by atoms with van der Waals surface area (Å²) < 4.78 is 5.15. The predicted octanol–water partition coefficient (Wildman–Crippen LogP) is 1.10. The molecule has 0 amide bonds. The molecular formula is C15H16N3OS+. The van der Waals surface area contributed by atoms with E-state index in [0.29, 0.717) is 5.11 Å². The first kappa shape index (κ1) is 14.0. The van der Waals surface area contributed by atoms with Crippen molar-refractivity contribution >= 4 is 29.2 Å². The van der Waals surface area contributed by atoms with Crippen molar-refractivity contribution in [3.63, 3.8) is 0 Å². The summed E-state index contributed by atoms with van der Waals surface area (Å²) in [7, 11) is 1.64. The number of hydrazine groups is 1. The fraction of sp³-hybridized carbons (Fsp3) is 0.0667. The fourth-order valence-electron chi connectivity index (χ4n) is 1.60. The quantitative estimate of drug-likeness (QED) is 0.447. The van der Waals surface area contributed by atoms with Crippen LogP contribution < -0.4 is 20.6 Å². The number of thiocarbonyl (C=S) groups is 1. The van der Waals surface area contributed by atoms with E-state index in [1.54, 1.807) is 7.11 Å². The summed E-state index contributed by atoms with van der Waals surface area (Å²) in [6, 6.07) is 17.4. The number of para-hydroxylation sites is 1. The van der Waals surface area contributed by atoms with E-state index in [2.05, 4.69) is 15.8 Å².